The minimum Gasteiger partial charge on any atom is -0.465 e. The lowest BCUT2D eigenvalue weighted by Crippen LogP contribution is -2.27. The van der Waals surface area contributed by atoms with Crippen LogP contribution in [0.4, 0.5) is 5.69 Å². The third kappa shape index (κ3) is 3.85. The maximum atomic E-state index is 13.0. The van der Waals surface area contributed by atoms with E-state index in [-0.39, 0.29) is 18.0 Å². The maximum absolute atomic E-state index is 13.0. The Labute approximate surface area is 175 Å². The van der Waals surface area contributed by atoms with E-state index in [1.54, 1.807) is 24.3 Å². The zero-order chi connectivity index (χ0) is 21.1. The van der Waals surface area contributed by atoms with E-state index in [1.165, 1.54) is 29.3 Å². The molecule has 0 radical (unpaired) electrons. The van der Waals surface area contributed by atoms with Crippen LogP contribution in [0.2, 0.25) is 0 Å². The van der Waals surface area contributed by atoms with Crippen LogP contribution in [0.3, 0.4) is 0 Å². The predicted octanol–water partition coefficient (Wildman–Crippen LogP) is 3.55. The molecule has 8 heteroatoms. The van der Waals surface area contributed by atoms with Gasteiger partial charge in [-0.3, -0.25) is 14.2 Å². The number of nitrogens with one attached hydrogen (secondary N) is 1. The van der Waals surface area contributed by atoms with Gasteiger partial charge in [0.05, 0.1) is 24.4 Å². The van der Waals surface area contributed by atoms with Crippen molar-refractivity contribution in [2.24, 2.45) is 0 Å². The van der Waals surface area contributed by atoms with Crippen molar-refractivity contribution in [2.45, 2.75) is 6.54 Å². The second-order valence-electron chi connectivity index (χ2n) is 6.49. The van der Waals surface area contributed by atoms with Gasteiger partial charge in [0, 0.05) is 16.6 Å². The molecule has 0 unspecified atom stereocenters. The number of benzene rings is 2. The van der Waals surface area contributed by atoms with Crippen LogP contribution < -0.4 is 10.9 Å². The first-order chi connectivity index (χ1) is 14.6. The Morgan fingerprint density at radius 3 is 2.53 bits per heavy atom. The fourth-order valence-corrected chi connectivity index (χ4v) is 3.98. The summed E-state index contributed by atoms with van der Waals surface area (Å²) in [7, 11) is 1.30. The van der Waals surface area contributed by atoms with E-state index < -0.39 is 5.97 Å². The molecular formula is C22H17N3O4S. The van der Waals surface area contributed by atoms with Crippen LogP contribution in [-0.4, -0.2) is 28.5 Å². The van der Waals surface area contributed by atoms with Gasteiger partial charge in [0.2, 0.25) is 5.91 Å². The van der Waals surface area contributed by atoms with E-state index in [0.717, 1.165) is 11.1 Å². The van der Waals surface area contributed by atoms with Gasteiger partial charge < -0.3 is 10.1 Å². The molecule has 7 nitrogen and oxygen atoms in total. The highest BCUT2D eigenvalue weighted by molar-refractivity contribution is 7.17. The molecule has 4 rings (SSSR count). The number of carbonyl (C=O) groups is 2. The van der Waals surface area contributed by atoms with Gasteiger partial charge in [-0.1, -0.05) is 30.3 Å². The second kappa shape index (κ2) is 8.30. The Bertz CT molecular complexity index is 1280. The van der Waals surface area contributed by atoms with Gasteiger partial charge >= 0.3 is 5.97 Å². The van der Waals surface area contributed by atoms with Gasteiger partial charge in [0.25, 0.3) is 5.56 Å². The summed E-state index contributed by atoms with van der Waals surface area (Å²) in [6, 6.07) is 15.9. The third-order valence-corrected chi connectivity index (χ3v) is 5.44. The second-order valence-corrected chi connectivity index (χ2v) is 7.35. The first kappa shape index (κ1) is 19.5. The number of fused-ring (bicyclic) bond motifs is 1. The van der Waals surface area contributed by atoms with Crippen molar-refractivity contribution < 1.29 is 14.3 Å². The van der Waals surface area contributed by atoms with E-state index >= 15 is 0 Å². The van der Waals surface area contributed by atoms with Crippen molar-refractivity contribution in [3.63, 3.8) is 0 Å². The molecule has 1 amide bonds. The largest absolute Gasteiger partial charge is 0.465 e. The topological polar surface area (TPSA) is 90.3 Å². The van der Waals surface area contributed by atoms with Gasteiger partial charge in [0.15, 0.2) is 0 Å². The number of carbonyl (C=O) groups excluding carboxylic acids is 2. The van der Waals surface area contributed by atoms with Crippen LogP contribution in [0.5, 0.6) is 0 Å². The van der Waals surface area contributed by atoms with Crippen molar-refractivity contribution in [3.05, 3.63) is 82.2 Å². The first-order valence-electron chi connectivity index (χ1n) is 9.07. The predicted molar refractivity (Wildman–Crippen MR) is 116 cm³/mol. The number of ether oxygens (including phenoxy) is 1. The molecule has 0 aliphatic heterocycles. The minimum atomic E-state index is -0.455. The number of aromatic nitrogens is 2. The van der Waals surface area contributed by atoms with E-state index in [1.807, 2.05) is 35.7 Å². The zero-order valence-electron chi connectivity index (χ0n) is 16.0. The summed E-state index contributed by atoms with van der Waals surface area (Å²) < 4.78 is 5.94. The molecule has 0 saturated carbocycles. The summed E-state index contributed by atoms with van der Waals surface area (Å²) in [4.78, 5) is 41.9. The molecule has 2 aromatic heterocycles. The van der Waals surface area contributed by atoms with Crippen LogP contribution in [0.25, 0.3) is 21.3 Å². The van der Waals surface area contributed by atoms with Gasteiger partial charge in [-0.05, 0) is 29.8 Å². The number of nitrogens with zero attached hydrogens (tertiary/aromatic N) is 2. The molecule has 0 bridgehead atoms. The number of amides is 1. The zero-order valence-corrected chi connectivity index (χ0v) is 16.8. The van der Waals surface area contributed by atoms with Crippen LogP contribution in [-0.2, 0) is 16.1 Å². The lowest BCUT2D eigenvalue weighted by Gasteiger charge is -2.08. The molecule has 150 valence electrons. The Morgan fingerprint density at radius 1 is 1.10 bits per heavy atom. The standard InChI is InChI=1S/C22H17N3O4S/c1-29-22(28)15-7-9-16(10-8-15)24-18(26)11-25-13-23-20-19(21(25)27)17(12-30-20)14-5-3-2-4-6-14/h2-10,12-13H,11H2,1H3,(H,24,26). The van der Waals surface area contributed by atoms with Gasteiger partial charge in [-0.15, -0.1) is 11.3 Å². The van der Waals surface area contributed by atoms with Crippen molar-refractivity contribution in [1.82, 2.24) is 9.55 Å². The Hall–Kier alpha value is -3.78. The van der Waals surface area contributed by atoms with E-state index in [9.17, 15) is 14.4 Å². The highest BCUT2D eigenvalue weighted by Gasteiger charge is 2.15. The fraction of sp³-hybridized carbons (Fsp3) is 0.0909. The van der Waals surface area contributed by atoms with Crippen molar-refractivity contribution in [2.75, 3.05) is 12.4 Å². The van der Waals surface area contributed by atoms with Crippen molar-refractivity contribution in [1.29, 1.82) is 0 Å². The molecule has 0 atom stereocenters. The van der Waals surface area contributed by atoms with E-state index in [2.05, 4.69) is 15.0 Å². The number of hydrogen-bond acceptors (Lipinski definition) is 6. The fourth-order valence-electron chi connectivity index (χ4n) is 3.07. The Kier molecular flexibility index (Phi) is 5.40. The molecule has 0 saturated heterocycles. The number of anilines is 1. The maximum Gasteiger partial charge on any atom is 0.337 e. The highest BCUT2D eigenvalue weighted by atomic mass is 32.1. The lowest BCUT2D eigenvalue weighted by molar-refractivity contribution is -0.116. The van der Waals surface area contributed by atoms with Crippen LogP contribution in [0, 0.1) is 0 Å². The number of rotatable bonds is 5. The van der Waals surface area contributed by atoms with Gasteiger partial charge in [-0.25, -0.2) is 9.78 Å². The minimum absolute atomic E-state index is 0.176. The Morgan fingerprint density at radius 2 is 1.83 bits per heavy atom. The molecule has 30 heavy (non-hydrogen) atoms. The molecule has 2 heterocycles. The molecule has 0 spiro atoms. The molecule has 0 fully saturated rings. The average Bonchev–Trinajstić information content (AvgIpc) is 3.21. The smallest absolute Gasteiger partial charge is 0.337 e. The summed E-state index contributed by atoms with van der Waals surface area (Å²) in [5.41, 5.74) is 2.36. The molecule has 0 aliphatic rings. The normalized spacial score (nSPS) is 10.7. The molecule has 1 N–H and O–H groups in total. The van der Waals surface area contributed by atoms with Crippen molar-refractivity contribution >= 4 is 39.1 Å². The van der Waals surface area contributed by atoms with Gasteiger partial charge in [0.1, 0.15) is 11.4 Å². The summed E-state index contributed by atoms with van der Waals surface area (Å²) in [5.74, 6) is -0.829. The summed E-state index contributed by atoms with van der Waals surface area (Å²) in [5, 5.41) is 5.12. The average molecular weight is 419 g/mol. The monoisotopic (exact) mass is 419 g/mol. The lowest BCUT2D eigenvalue weighted by atomic mass is 10.1. The molecule has 4 aromatic rings. The SMILES string of the molecule is COC(=O)c1ccc(NC(=O)Cn2cnc3scc(-c4ccccc4)c3c2=O)cc1. The van der Waals surface area contributed by atoms with Crippen LogP contribution >= 0.6 is 11.3 Å². The van der Waals surface area contributed by atoms with E-state index in [4.69, 9.17) is 0 Å². The third-order valence-electron chi connectivity index (χ3n) is 4.55. The quantitative estimate of drug-likeness (QED) is 0.500. The molecule has 0 aliphatic carbocycles. The number of esters is 1. The summed E-state index contributed by atoms with van der Waals surface area (Å²) in [6.45, 7) is -0.176. The summed E-state index contributed by atoms with van der Waals surface area (Å²) >= 11 is 1.40. The van der Waals surface area contributed by atoms with Crippen LogP contribution in [0.1, 0.15) is 10.4 Å². The number of hydrogen-bond donors (Lipinski definition) is 1. The van der Waals surface area contributed by atoms with Crippen LogP contribution in [0.15, 0.2) is 71.1 Å². The number of methoxy groups -OCH3 is 1. The number of thiophene rings is 1. The Balaban J connectivity index is 1.56. The molecular weight excluding hydrogens is 402 g/mol. The summed E-state index contributed by atoms with van der Waals surface area (Å²) in [6.07, 6.45) is 1.38. The van der Waals surface area contributed by atoms with Crippen molar-refractivity contribution in [3.8, 4) is 11.1 Å². The van der Waals surface area contributed by atoms with E-state index in [0.29, 0.717) is 21.5 Å². The first-order valence-corrected chi connectivity index (χ1v) is 9.95. The molecule has 2 aromatic carbocycles. The highest BCUT2D eigenvalue weighted by Crippen LogP contribution is 2.30. The van der Waals surface area contributed by atoms with Gasteiger partial charge in [-0.2, -0.15) is 0 Å².